The topological polar surface area (TPSA) is 60.0 Å². The Morgan fingerprint density at radius 2 is 1.96 bits per heavy atom. The van der Waals surface area contributed by atoms with Crippen LogP contribution in [0.5, 0.6) is 11.5 Å². The van der Waals surface area contributed by atoms with E-state index in [0.717, 1.165) is 42.2 Å². The van der Waals surface area contributed by atoms with Gasteiger partial charge in [-0.3, -0.25) is 4.79 Å². The first kappa shape index (κ1) is 15.5. The van der Waals surface area contributed by atoms with Crippen molar-refractivity contribution in [3.8, 4) is 11.5 Å². The van der Waals surface area contributed by atoms with Gasteiger partial charge in [0.1, 0.15) is 17.1 Å². The Morgan fingerprint density at radius 1 is 1.04 bits per heavy atom. The first-order valence-electron chi connectivity index (χ1n) is 8.91. The average molecular weight is 352 g/mol. The minimum absolute atomic E-state index is 0.0732. The average Bonchev–Trinajstić information content (AvgIpc) is 2.68. The molecule has 2 aromatic rings. The van der Waals surface area contributed by atoms with Gasteiger partial charge in [0.25, 0.3) is 5.91 Å². The van der Waals surface area contributed by atoms with Gasteiger partial charge in [-0.05, 0) is 24.3 Å². The highest BCUT2D eigenvalue weighted by molar-refractivity contribution is 5.96. The van der Waals surface area contributed by atoms with E-state index in [4.69, 9.17) is 14.2 Å². The molecule has 0 aromatic heterocycles. The number of hydrogen-bond acceptors (Lipinski definition) is 5. The summed E-state index contributed by atoms with van der Waals surface area (Å²) in [5, 5.41) is 2.88. The lowest BCUT2D eigenvalue weighted by molar-refractivity contribution is -0.118. The summed E-state index contributed by atoms with van der Waals surface area (Å²) in [6.07, 6.45) is 0.825. The molecular weight excluding hydrogens is 332 g/mol. The van der Waals surface area contributed by atoms with E-state index in [9.17, 15) is 4.79 Å². The number of amides is 1. The lowest BCUT2D eigenvalue weighted by Crippen LogP contribution is -2.52. The highest BCUT2D eigenvalue weighted by atomic mass is 16.5. The van der Waals surface area contributed by atoms with Crippen LogP contribution < -0.4 is 19.7 Å². The lowest BCUT2D eigenvalue weighted by Gasteiger charge is -2.46. The molecule has 1 atom stereocenters. The fourth-order valence-corrected chi connectivity index (χ4v) is 4.02. The predicted molar refractivity (Wildman–Crippen MR) is 97.0 cm³/mol. The van der Waals surface area contributed by atoms with Crippen molar-refractivity contribution in [1.29, 1.82) is 0 Å². The van der Waals surface area contributed by atoms with E-state index >= 15 is 0 Å². The van der Waals surface area contributed by atoms with Gasteiger partial charge in [-0.2, -0.15) is 0 Å². The highest BCUT2D eigenvalue weighted by Crippen LogP contribution is 2.43. The number of para-hydroxylation sites is 1. The number of ether oxygens (including phenoxy) is 3. The van der Waals surface area contributed by atoms with Gasteiger partial charge < -0.3 is 24.4 Å². The van der Waals surface area contributed by atoms with Crippen molar-refractivity contribution >= 4 is 17.3 Å². The fourth-order valence-electron chi connectivity index (χ4n) is 4.02. The maximum absolute atomic E-state index is 11.6. The second-order valence-corrected chi connectivity index (χ2v) is 6.88. The van der Waals surface area contributed by atoms with Crippen LogP contribution in [0.1, 0.15) is 12.0 Å². The van der Waals surface area contributed by atoms with Crippen molar-refractivity contribution in [2.75, 3.05) is 43.1 Å². The van der Waals surface area contributed by atoms with Gasteiger partial charge in [-0.25, -0.2) is 0 Å². The summed E-state index contributed by atoms with van der Waals surface area (Å²) in [7, 11) is 0. The summed E-state index contributed by atoms with van der Waals surface area (Å²) in [5.74, 6) is 1.51. The molecule has 3 aliphatic rings. The van der Waals surface area contributed by atoms with E-state index < -0.39 is 0 Å². The zero-order chi connectivity index (χ0) is 17.6. The van der Waals surface area contributed by atoms with Gasteiger partial charge in [0, 0.05) is 24.2 Å². The summed E-state index contributed by atoms with van der Waals surface area (Å²) in [6, 6.07) is 14.1. The molecule has 3 heterocycles. The second kappa shape index (κ2) is 5.92. The van der Waals surface area contributed by atoms with E-state index in [1.54, 1.807) is 0 Å². The molecule has 0 radical (unpaired) electrons. The van der Waals surface area contributed by atoms with Gasteiger partial charge in [0.05, 0.1) is 25.4 Å². The van der Waals surface area contributed by atoms with Crippen LogP contribution in [-0.4, -0.2) is 38.8 Å². The Labute approximate surface area is 151 Å². The first-order chi connectivity index (χ1) is 12.7. The quantitative estimate of drug-likeness (QED) is 0.855. The lowest BCUT2D eigenvalue weighted by atomic mass is 9.86. The summed E-state index contributed by atoms with van der Waals surface area (Å²) >= 11 is 0. The minimum Gasteiger partial charge on any atom is -0.493 e. The Bertz CT molecular complexity index is 869. The maximum atomic E-state index is 11.6. The maximum Gasteiger partial charge on any atom is 0.262 e. The Hall–Kier alpha value is -2.73. The molecule has 1 amide bonds. The van der Waals surface area contributed by atoms with Crippen molar-refractivity contribution in [3.05, 3.63) is 48.0 Å². The third-order valence-electron chi connectivity index (χ3n) is 5.29. The van der Waals surface area contributed by atoms with Gasteiger partial charge >= 0.3 is 0 Å². The van der Waals surface area contributed by atoms with Gasteiger partial charge in [0.15, 0.2) is 6.61 Å². The molecule has 6 heteroatoms. The Balaban J connectivity index is 1.47. The molecular formula is C20H20N2O4. The molecule has 3 aliphatic heterocycles. The standard InChI is InChI=1S/C20H20N2O4/c23-19-12-25-18-6-5-14(11-16(18)21-19)22-8-10-26-20(13-22)7-9-24-17-4-2-1-3-15(17)20/h1-6,11H,7-10,12-13H2,(H,21,23). The van der Waals surface area contributed by atoms with Crippen LogP contribution in [0.2, 0.25) is 0 Å². The Kier molecular flexibility index (Phi) is 3.53. The van der Waals surface area contributed by atoms with E-state index in [1.165, 1.54) is 0 Å². The molecule has 0 saturated carbocycles. The van der Waals surface area contributed by atoms with Crippen LogP contribution in [0, 0.1) is 0 Å². The zero-order valence-electron chi connectivity index (χ0n) is 14.4. The number of morpholine rings is 1. The number of carbonyl (C=O) groups is 1. The number of nitrogens with zero attached hydrogens (tertiary/aromatic N) is 1. The molecule has 1 unspecified atom stereocenters. The van der Waals surface area contributed by atoms with Gasteiger partial charge in [-0.1, -0.05) is 18.2 Å². The second-order valence-electron chi connectivity index (χ2n) is 6.88. The van der Waals surface area contributed by atoms with Crippen LogP contribution >= 0.6 is 0 Å². The predicted octanol–water partition coefficient (Wildman–Crippen LogP) is 2.53. The zero-order valence-corrected chi connectivity index (χ0v) is 14.4. The number of rotatable bonds is 1. The van der Waals surface area contributed by atoms with Crippen molar-refractivity contribution in [3.63, 3.8) is 0 Å². The molecule has 0 bridgehead atoms. The molecule has 1 saturated heterocycles. The summed E-state index contributed by atoms with van der Waals surface area (Å²) < 4.78 is 17.6. The minimum atomic E-state index is -0.358. The van der Waals surface area contributed by atoms with Crippen LogP contribution in [-0.2, 0) is 15.1 Å². The van der Waals surface area contributed by atoms with E-state index in [2.05, 4.69) is 16.3 Å². The molecule has 134 valence electrons. The third kappa shape index (κ3) is 2.49. The van der Waals surface area contributed by atoms with Crippen molar-refractivity contribution < 1.29 is 19.0 Å². The van der Waals surface area contributed by atoms with Crippen LogP contribution in [0.3, 0.4) is 0 Å². The molecule has 2 aromatic carbocycles. The smallest absolute Gasteiger partial charge is 0.262 e. The molecule has 0 aliphatic carbocycles. The number of fused-ring (bicyclic) bond motifs is 3. The summed E-state index contributed by atoms with van der Waals surface area (Å²) in [5.41, 5.74) is 2.54. The summed E-state index contributed by atoms with van der Waals surface area (Å²) in [4.78, 5) is 13.9. The number of nitrogens with one attached hydrogen (secondary N) is 1. The number of benzene rings is 2. The van der Waals surface area contributed by atoms with Gasteiger partial charge in [-0.15, -0.1) is 0 Å². The largest absolute Gasteiger partial charge is 0.493 e. The van der Waals surface area contributed by atoms with E-state index in [0.29, 0.717) is 19.0 Å². The molecule has 1 N–H and O–H groups in total. The monoisotopic (exact) mass is 352 g/mol. The van der Waals surface area contributed by atoms with Crippen LogP contribution in [0.4, 0.5) is 11.4 Å². The van der Waals surface area contributed by atoms with Crippen molar-refractivity contribution in [2.45, 2.75) is 12.0 Å². The van der Waals surface area contributed by atoms with Crippen LogP contribution in [0.15, 0.2) is 42.5 Å². The molecule has 1 fully saturated rings. The normalized spacial score (nSPS) is 24.2. The Morgan fingerprint density at radius 3 is 2.92 bits per heavy atom. The number of carbonyl (C=O) groups excluding carboxylic acids is 1. The third-order valence-corrected chi connectivity index (χ3v) is 5.29. The van der Waals surface area contributed by atoms with Crippen LogP contribution in [0.25, 0.3) is 0 Å². The molecule has 26 heavy (non-hydrogen) atoms. The van der Waals surface area contributed by atoms with E-state index in [1.807, 2.05) is 36.4 Å². The van der Waals surface area contributed by atoms with Crippen molar-refractivity contribution in [1.82, 2.24) is 0 Å². The summed E-state index contributed by atoms with van der Waals surface area (Å²) in [6.45, 7) is 2.93. The first-order valence-corrected chi connectivity index (χ1v) is 8.91. The van der Waals surface area contributed by atoms with Crippen molar-refractivity contribution in [2.24, 2.45) is 0 Å². The van der Waals surface area contributed by atoms with Gasteiger partial charge in [0.2, 0.25) is 0 Å². The molecule has 5 rings (SSSR count). The number of anilines is 2. The fraction of sp³-hybridized carbons (Fsp3) is 0.350. The SMILES string of the molecule is O=C1COc2ccc(N3CCOC4(CCOc5ccccc54)C3)cc2N1. The number of hydrogen-bond donors (Lipinski definition) is 1. The van der Waals surface area contributed by atoms with E-state index in [-0.39, 0.29) is 18.1 Å². The molecule has 1 spiro atoms. The highest BCUT2D eigenvalue weighted by Gasteiger charge is 2.42. The molecule has 6 nitrogen and oxygen atoms in total.